The predicted octanol–water partition coefficient (Wildman–Crippen LogP) is 1.52. The zero-order chi connectivity index (χ0) is 23.8. The van der Waals surface area contributed by atoms with E-state index in [1.165, 1.54) is 29.2 Å². The Labute approximate surface area is 198 Å². The topological polar surface area (TPSA) is 122 Å². The number of Topliss-reactive ketones (excluding diaryl/α,β-unsaturated/α-hetero) is 1. The largest absolute Gasteiger partial charge is 0.366 e. The van der Waals surface area contributed by atoms with E-state index in [0.29, 0.717) is 11.3 Å². The molecule has 2 saturated heterocycles. The SMILES string of the molecule is CS(=O)(=O)Nc1ccc(C(=O)N[C@H](C(=O)N2C[C@H](Cl)[C@H]3OCC(=O)[C@H]32)C2CCCCC2)cc1. The second kappa shape index (κ2) is 9.60. The predicted molar refractivity (Wildman–Crippen MR) is 123 cm³/mol. The van der Waals surface area contributed by atoms with Crippen LogP contribution in [-0.2, 0) is 24.3 Å². The van der Waals surface area contributed by atoms with Crippen molar-refractivity contribution < 1.29 is 27.5 Å². The molecule has 2 amide bonds. The Balaban J connectivity index is 1.53. The molecule has 4 rings (SSSR count). The number of anilines is 1. The number of ether oxygens (including phenoxy) is 1. The molecule has 2 heterocycles. The lowest BCUT2D eigenvalue weighted by Crippen LogP contribution is -2.55. The normalized spacial score (nSPS) is 26.7. The maximum absolute atomic E-state index is 13.6. The molecule has 2 N–H and O–H groups in total. The minimum atomic E-state index is -3.43. The summed E-state index contributed by atoms with van der Waals surface area (Å²) in [6.45, 7) is 0.142. The average molecular weight is 498 g/mol. The van der Waals surface area contributed by atoms with Crippen molar-refractivity contribution in [2.75, 3.05) is 24.1 Å². The molecule has 0 aromatic heterocycles. The van der Waals surface area contributed by atoms with Gasteiger partial charge in [-0.2, -0.15) is 0 Å². The zero-order valence-corrected chi connectivity index (χ0v) is 19.9. The Morgan fingerprint density at radius 1 is 1.15 bits per heavy atom. The molecule has 3 aliphatic rings. The van der Waals surface area contributed by atoms with Gasteiger partial charge < -0.3 is 15.0 Å². The van der Waals surface area contributed by atoms with Gasteiger partial charge in [0.1, 0.15) is 24.8 Å². The molecule has 0 radical (unpaired) electrons. The van der Waals surface area contributed by atoms with Gasteiger partial charge in [-0.05, 0) is 43.0 Å². The lowest BCUT2D eigenvalue weighted by molar-refractivity contribution is -0.139. The molecular formula is C22H28ClN3O6S. The van der Waals surface area contributed by atoms with Crippen molar-refractivity contribution in [3.05, 3.63) is 29.8 Å². The Hall–Kier alpha value is -2.17. The van der Waals surface area contributed by atoms with Gasteiger partial charge in [-0.25, -0.2) is 8.42 Å². The molecule has 1 aliphatic carbocycles. The van der Waals surface area contributed by atoms with Crippen LogP contribution in [0.25, 0.3) is 0 Å². The number of hydrogen-bond acceptors (Lipinski definition) is 6. The number of halogens is 1. The van der Waals surface area contributed by atoms with Crippen LogP contribution in [0.15, 0.2) is 24.3 Å². The standard InChI is InChI=1S/C22H28ClN3O6S/c1-33(30,31)25-15-9-7-14(8-10-15)21(28)24-18(13-5-3-2-4-6-13)22(29)26-11-16(23)20-19(26)17(27)12-32-20/h7-10,13,16,18-20,25H,2-6,11-12H2,1H3,(H,24,28)/t16-,18-,19+,20+/m0/s1. The molecular weight excluding hydrogens is 470 g/mol. The third-order valence-corrected chi connectivity index (χ3v) is 7.52. The molecule has 180 valence electrons. The molecule has 2 aliphatic heterocycles. The highest BCUT2D eigenvalue weighted by Gasteiger charge is 2.53. The summed E-state index contributed by atoms with van der Waals surface area (Å²) < 4.78 is 30.6. The summed E-state index contributed by atoms with van der Waals surface area (Å²) in [5.74, 6) is -0.939. The summed E-state index contributed by atoms with van der Waals surface area (Å²) in [5.41, 5.74) is 0.641. The molecule has 9 nitrogen and oxygen atoms in total. The Bertz CT molecular complexity index is 1030. The van der Waals surface area contributed by atoms with E-state index in [1.807, 2.05) is 0 Å². The van der Waals surface area contributed by atoms with E-state index in [9.17, 15) is 22.8 Å². The number of likely N-dealkylation sites (tertiary alicyclic amines) is 1. The monoisotopic (exact) mass is 497 g/mol. The molecule has 1 saturated carbocycles. The van der Waals surface area contributed by atoms with Gasteiger partial charge in [0.25, 0.3) is 5.91 Å². The Kier molecular flexibility index (Phi) is 6.97. The zero-order valence-electron chi connectivity index (χ0n) is 18.3. The summed E-state index contributed by atoms with van der Waals surface area (Å²) in [6, 6.07) is 4.50. The highest BCUT2D eigenvalue weighted by molar-refractivity contribution is 7.92. The summed E-state index contributed by atoms with van der Waals surface area (Å²) in [4.78, 5) is 40.5. The lowest BCUT2D eigenvalue weighted by Gasteiger charge is -2.34. The molecule has 0 unspecified atom stereocenters. The van der Waals surface area contributed by atoms with Crippen LogP contribution in [0, 0.1) is 5.92 Å². The van der Waals surface area contributed by atoms with Crippen LogP contribution in [0.1, 0.15) is 42.5 Å². The van der Waals surface area contributed by atoms with Crippen LogP contribution < -0.4 is 10.0 Å². The van der Waals surface area contributed by atoms with Crippen molar-refractivity contribution in [2.45, 2.75) is 55.7 Å². The fraction of sp³-hybridized carbons (Fsp3) is 0.591. The average Bonchev–Trinajstić information content (AvgIpc) is 3.32. The summed E-state index contributed by atoms with van der Waals surface area (Å²) in [7, 11) is -3.43. The van der Waals surface area contributed by atoms with E-state index in [1.54, 1.807) is 0 Å². The number of nitrogens with zero attached hydrogens (tertiary/aromatic N) is 1. The number of alkyl halides is 1. The molecule has 11 heteroatoms. The smallest absolute Gasteiger partial charge is 0.251 e. The van der Waals surface area contributed by atoms with Crippen molar-refractivity contribution in [1.29, 1.82) is 0 Å². The third-order valence-electron chi connectivity index (χ3n) is 6.53. The van der Waals surface area contributed by atoms with E-state index >= 15 is 0 Å². The van der Waals surface area contributed by atoms with Gasteiger partial charge in [-0.3, -0.25) is 19.1 Å². The van der Waals surface area contributed by atoms with Gasteiger partial charge in [0, 0.05) is 17.8 Å². The van der Waals surface area contributed by atoms with Crippen molar-refractivity contribution in [2.24, 2.45) is 5.92 Å². The number of ketones is 1. The fourth-order valence-corrected chi connectivity index (χ4v) is 5.90. The Morgan fingerprint density at radius 3 is 2.45 bits per heavy atom. The number of hydrogen-bond donors (Lipinski definition) is 2. The third kappa shape index (κ3) is 5.33. The number of carbonyl (C=O) groups is 3. The van der Waals surface area contributed by atoms with Gasteiger partial charge in [-0.15, -0.1) is 11.6 Å². The number of amides is 2. The first kappa shape index (κ1) is 24.0. The van der Waals surface area contributed by atoms with E-state index in [0.717, 1.165) is 38.4 Å². The van der Waals surface area contributed by atoms with Gasteiger partial charge in [0.15, 0.2) is 5.78 Å². The minimum absolute atomic E-state index is 0.0355. The van der Waals surface area contributed by atoms with Crippen LogP contribution in [0.5, 0.6) is 0 Å². The molecule has 0 bridgehead atoms. The molecule has 1 aromatic carbocycles. The van der Waals surface area contributed by atoms with Crippen molar-refractivity contribution in [3.63, 3.8) is 0 Å². The first-order valence-corrected chi connectivity index (χ1v) is 13.4. The minimum Gasteiger partial charge on any atom is -0.366 e. The van der Waals surface area contributed by atoms with Crippen molar-refractivity contribution in [1.82, 2.24) is 10.2 Å². The van der Waals surface area contributed by atoms with Gasteiger partial charge in [0.05, 0.1) is 11.6 Å². The second-order valence-corrected chi connectivity index (χ2v) is 11.3. The number of nitrogens with one attached hydrogen (secondary N) is 2. The number of benzene rings is 1. The van der Waals surface area contributed by atoms with Gasteiger partial charge in [0.2, 0.25) is 15.9 Å². The van der Waals surface area contributed by atoms with Crippen LogP contribution in [0.3, 0.4) is 0 Å². The second-order valence-electron chi connectivity index (χ2n) is 8.99. The number of rotatable bonds is 6. The maximum atomic E-state index is 13.6. The summed E-state index contributed by atoms with van der Waals surface area (Å²) in [5, 5.41) is 2.42. The highest BCUT2D eigenvalue weighted by atomic mass is 35.5. The quantitative estimate of drug-likeness (QED) is 0.575. The van der Waals surface area contributed by atoms with E-state index in [4.69, 9.17) is 16.3 Å². The lowest BCUT2D eigenvalue weighted by atomic mass is 9.83. The van der Waals surface area contributed by atoms with E-state index in [-0.39, 0.29) is 30.8 Å². The van der Waals surface area contributed by atoms with Gasteiger partial charge >= 0.3 is 0 Å². The molecule has 0 spiro atoms. The molecule has 4 atom stereocenters. The first-order valence-electron chi connectivity index (χ1n) is 11.1. The van der Waals surface area contributed by atoms with Crippen LogP contribution in [0.2, 0.25) is 0 Å². The maximum Gasteiger partial charge on any atom is 0.251 e. The fourth-order valence-electron chi connectivity index (χ4n) is 4.98. The molecule has 3 fully saturated rings. The number of sulfonamides is 1. The molecule has 1 aromatic rings. The number of carbonyl (C=O) groups excluding carboxylic acids is 3. The Morgan fingerprint density at radius 2 is 1.82 bits per heavy atom. The number of fused-ring (bicyclic) bond motifs is 1. The van der Waals surface area contributed by atoms with Crippen LogP contribution in [0.4, 0.5) is 5.69 Å². The van der Waals surface area contributed by atoms with Crippen molar-refractivity contribution >= 4 is 44.9 Å². The van der Waals surface area contributed by atoms with E-state index in [2.05, 4.69) is 10.0 Å². The van der Waals surface area contributed by atoms with Crippen LogP contribution in [-0.4, -0.2) is 73.9 Å². The first-order chi connectivity index (χ1) is 15.6. The highest BCUT2D eigenvalue weighted by Crippen LogP contribution is 2.34. The van der Waals surface area contributed by atoms with Gasteiger partial charge in [-0.1, -0.05) is 19.3 Å². The summed E-state index contributed by atoms with van der Waals surface area (Å²) in [6.07, 6.45) is 5.19. The summed E-state index contributed by atoms with van der Waals surface area (Å²) >= 11 is 6.36. The van der Waals surface area contributed by atoms with Crippen molar-refractivity contribution in [3.8, 4) is 0 Å². The molecule has 33 heavy (non-hydrogen) atoms. The van der Waals surface area contributed by atoms with E-state index < -0.39 is 39.5 Å². The van der Waals surface area contributed by atoms with Crippen LogP contribution >= 0.6 is 11.6 Å².